The van der Waals surface area contributed by atoms with E-state index >= 15 is 0 Å². The minimum atomic E-state index is -1.22. The Hall–Kier alpha value is -2.21. The van der Waals surface area contributed by atoms with Crippen LogP contribution in [0, 0.1) is 11.6 Å². The minimum Gasteiger partial charge on any atom is -0.478 e. The van der Waals surface area contributed by atoms with Gasteiger partial charge in [0.25, 0.3) is 0 Å². The van der Waals surface area contributed by atoms with Gasteiger partial charge >= 0.3 is 5.97 Å². The van der Waals surface area contributed by atoms with Gasteiger partial charge in [-0.2, -0.15) is 0 Å². The zero-order valence-corrected chi connectivity index (χ0v) is 12.1. The average molecular weight is 355 g/mol. The van der Waals surface area contributed by atoms with Crippen molar-refractivity contribution < 1.29 is 23.4 Å². The molecule has 2 rings (SSSR count). The highest BCUT2D eigenvalue weighted by molar-refractivity contribution is 9.10. The molecule has 3 nitrogen and oxygen atoms in total. The summed E-state index contributed by atoms with van der Waals surface area (Å²) in [7, 11) is 0. The molecule has 6 heteroatoms. The van der Waals surface area contributed by atoms with Crippen LogP contribution in [0.25, 0.3) is 6.08 Å². The lowest BCUT2D eigenvalue weighted by Gasteiger charge is -2.10. The van der Waals surface area contributed by atoms with Crippen LogP contribution in [0.4, 0.5) is 8.78 Å². The molecule has 0 heterocycles. The lowest BCUT2D eigenvalue weighted by atomic mass is 10.1. The van der Waals surface area contributed by atoms with Crippen LogP contribution in [0.1, 0.15) is 5.56 Å². The maximum Gasteiger partial charge on any atom is 0.328 e. The first-order chi connectivity index (χ1) is 9.97. The minimum absolute atomic E-state index is 0.0181. The molecule has 0 bridgehead atoms. The molecule has 0 spiro atoms. The lowest BCUT2D eigenvalue weighted by molar-refractivity contribution is -0.131. The van der Waals surface area contributed by atoms with Crippen LogP contribution in [0.3, 0.4) is 0 Å². The largest absolute Gasteiger partial charge is 0.478 e. The number of carboxylic acid groups (broad SMARTS) is 1. The van der Waals surface area contributed by atoms with E-state index in [9.17, 15) is 13.6 Å². The Morgan fingerprint density at radius 3 is 2.62 bits per heavy atom. The topological polar surface area (TPSA) is 46.5 Å². The highest BCUT2D eigenvalue weighted by Crippen LogP contribution is 2.31. The third-order valence-corrected chi connectivity index (χ3v) is 3.01. The van der Waals surface area contributed by atoms with E-state index in [2.05, 4.69) is 15.9 Å². The second kappa shape index (κ2) is 6.49. The summed E-state index contributed by atoms with van der Waals surface area (Å²) >= 11 is 3.18. The van der Waals surface area contributed by atoms with Gasteiger partial charge in [0.05, 0.1) is 5.56 Å². The van der Waals surface area contributed by atoms with Crippen molar-refractivity contribution in [3.63, 3.8) is 0 Å². The first kappa shape index (κ1) is 15.2. The van der Waals surface area contributed by atoms with E-state index in [1.807, 2.05) is 0 Å². The molecule has 0 aliphatic carbocycles. The highest BCUT2D eigenvalue weighted by atomic mass is 79.9. The van der Waals surface area contributed by atoms with Crippen LogP contribution in [-0.2, 0) is 4.79 Å². The molecular formula is C15H9BrF2O3. The van der Waals surface area contributed by atoms with Gasteiger partial charge in [0.15, 0.2) is 11.6 Å². The molecule has 0 saturated carbocycles. The summed E-state index contributed by atoms with van der Waals surface area (Å²) in [6.45, 7) is 0. The number of ether oxygens (including phenoxy) is 1. The second-order valence-electron chi connectivity index (χ2n) is 4.00. The van der Waals surface area contributed by atoms with Gasteiger partial charge in [-0.3, -0.25) is 0 Å². The lowest BCUT2D eigenvalue weighted by Crippen LogP contribution is -1.94. The van der Waals surface area contributed by atoms with Gasteiger partial charge in [-0.15, -0.1) is 0 Å². The normalized spacial score (nSPS) is 10.8. The maximum absolute atomic E-state index is 13.8. The molecule has 0 amide bonds. The van der Waals surface area contributed by atoms with E-state index < -0.39 is 17.6 Å². The van der Waals surface area contributed by atoms with Crippen molar-refractivity contribution in [1.82, 2.24) is 0 Å². The summed E-state index contributed by atoms with van der Waals surface area (Å²) in [4.78, 5) is 10.5. The Morgan fingerprint density at radius 2 is 1.90 bits per heavy atom. The van der Waals surface area contributed by atoms with Crippen molar-refractivity contribution in [3.8, 4) is 11.5 Å². The Labute approximate surface area is 127 Å². The monoisotopic (exact) mass is 354 g/mol. The number of carbonyl (C=O) groups is 1. The van der Waals surface area contributed by atoms with Crippen molar-refractivity contribution in [1.29, 1.82) is 0 Å². The van der Waals surface area contributed by atoms with Gasteiger partial charge in [-0.1, -0.05) is 22.0 Å². The summed E-state index contributed by atoms with van der Waals surface area (Å²) in [5.74, 6) is -2.58. The van der Waals surface area contributed by atoms with Crippen molar-refractivity contribution in [3.05, 3.63) is 64.1 Å². The fraction of sp³-hybridized carbons (Fsp3) is 0. The smallest absolute Gasteiger partial charge is 0.328 e. The first-order valence-electron chi connectivity index (χ1n) is 5.80. The van der Waals surface area contributed by atoms with Gasteiger partial charge in [0.1, 0.15) is 11.6 Å². The Morgan fingerprint density at radius 1 is 1.14 bits per heavy atom. The van der Waals surface area contributed by atoms with Crippen LogP contribution in [0.15, 0.2) is 46.9 Å². The fourth-order valence-corrected chi connectivity index (χ4v) is 1.94. The molecule has 21 heavy (non-hydrogen) atoms. The van der Waals surface area contributed by atoms with E-state index in [1.54, 1.807) is 0 Å². The molecule has 0 unspecified atom stereocenters. The van der Waals surface area contributed by atoms with Gasteiger partial charge in [0, 0.05) is 10.5 Å². The van der Waals surface area contributed by atoms with Crippen LogP contribution >= 0.6 is 15.9 Å². The van der Waals surface area contributed by atoms with Crippen molar-refractivity contribution >= 4 is 28.0 Å². The number of aliphatic carboxylic acids is 1. The predicted octanol–water partition coefficient (Wildman–Crippen LogP) is 4.62. The van der Waals surface area contributed by atoms with Crippen molar-refractivity contribution in [2.75, 3.05) is 0 Å². The van der Waals surface area contributed by atoms with Crippen LogP contribution in [0.2, 0.25) is 0 Å². The molecule has 2 aromatic carbocycles. The van der Waals surface area contributed by atoms with E-state index in [4.69, 9.17) is 9.84 Å². The quantitative estimate of drug-likeness (QED) is 0.815. The van der Waals surface area contributed by atoms with Gasteiger partial charge in [-0.05, 0) is 36.4 Å². The number of hydrogen-bond donors (Lipinski definition) is 1. The van der Waals surface area contributed by atoms with Gasteiger partial charge in [-0.25, -0.2) is 13.6 Å². The molecular weight excluding hydrogens is 346 g/mol. The maximum atomic E-state index is 13.8. The van der Waals surface area contributed by atoms with E-state index in [-0.39, 0.29) is 17.1 Å². The summed E-state index contributed by atoms with van der Waals surface area (Å²) in [6.07, 6.45) is 1.84. The second-order valence-corrected chi connectivity index (χ2v) is 4.92. The summed E-state index contributed by atoms with van der Waals surface area (Å²) in [6, 6.07) is 8.06. The molecule has 0 aliphatic heterocycles. The van der Waals surface area contributed by atoms with Crippen LogP contribution in [0.5, 0.6) is 11.5 Å². The Bertz CT molecular complexity index is 714. The Kier molecular flexibility index (Phi) is 4.70. The number of benzene rings is 2. The fourth-order valence-electron chi connectivity index (χ4n) is 1.60. The third-order valence-electron chi connectivity index (χ3n) is 2.52. The number of carboxylic acids is 1. The SMILES string of the molecule is O=C(O)/C=C/c1c(F)cccc1Oc1cc(Br)ccc1F. The van der Waals surface area contributed by atoms with Gasteiger partial charge < -0.3 is 9.84 Å². The molecule has 108 valence electrons. The van der Waals surface area contributed by atoms with E-state index in [1.165, 1.54) is 30.3 Å². The molecule has 0 radical (unpaired) electrons. The molecule has 2 aromatic rings. The summed E-state index contributed by atoms with van der Waals surface area (Å²) < 4.78 is 33.3. The number of halogens is 3. The van der Waals surface area contributed by atoms with Gasteiger partial charge in [0.2, 0.25) is 0 Å². The molecule has 0 saturated heterocycles. The van der Waals surface area contributed by atoms with Crippen molar-refractivity contribution in [2.24, 2.45) is 0 Å². The molecule has 0 fully saturated rings. The molecule has 0 atom stereocenters. The number of rotatable bonds is 4. The average Bonchev–Trinajstić information content (AvgIpc) is 2.42. The zero-order valence-electron chi connectivity index (χ0n) is 10.5. The molecule has 1 N–H and O–H groups in total. The Balaban J connectivity index is 2.42. The molecule has 0 aromatic heterocycles. The third kappa shape index (κ3) is 3.88. The van der Waals surface area contributed by atoms with Crippen LogP contribution in [-0.4, -0.2) is 11.1 Å². The predicted molar refractivity (Wildman–Crippen MR) is 77.2 cm³/mol. The standard InChI is InChI=1S/C15H9BrF2O3/c16-9-4-6-12(18)14(8-9)21-13-3-1-2-11(17)10(13)5-7-15(19)20/h1-8H,(H,19,20)/b7-5+. The molecule has 0 aliphatic rings. The van der Waals surface area contributed by atoms with Crippen LogP contribution < -0.4 is 4.74 Å². The summed E-state index contributed by atoms with van der Waals surface area (Å²) in [5, 5.41) is 8.61. The first-order valence-corrected chi connectivity index (χ1v) is 6.59. The zero-order chi connectivity index (χ0) is 15.4. The van der Waals surface area contributed by atoms with E-state index in [0.717, 1.165) is 18.2 Å². The summed E-state index contributed by atoms with van der Waals surface area (Å²) in [5.41, 5.74) is -0.0701. The highest BCUT2D eigenvalue weighted by Gasteiger charge is 2.11. The number of hydrogen-bond acceptors (Lipinski definition) is 2. The van der Waals surface area contributed by atoms with E-state index in [0.29, 0.717) is 4.47 Å². The van der Waals surface area contributed by atoms with Crippen molar-refractivity contribution in [2.45, 2.75) is 0 Å².